The Morgan fingerprint density at radius 3 is 2.40 bits per heavy atom. The minimum Gasteiger partial charge on any atom is -0.316 e. The number of nitrogens with one attached hydrogen (secondary N) is 3. The summed E-state index contributed by atoms with van der Waals surface area (Å²) in [7, 11) is -7.63. The summed E-state index contributed by atoms with van der Waals surface area (Å²) in [6.45, 7) is 1.71. The van der Waals surface area contributed by atoms with Gasteiger partial charge in [-0.05, 0) is 67.2 Å². The smallest absolute Gasteiger partial charge is 0.316 e. The highest BCUT2D eigenvalue weighted by atomic mass is 35.5. The van der Waals surface area contributed by atoms with Gasteiger partial charge in [0.05, 0.1) is 44.9 Å². The molecule has 1 fully saturated rings. The van der Waals surface area contributed by atoms with E-state index in [2.05, 4.69) is 15.0 Å². The van der Waals surface area contributed by atoms with Crippen molar-refractivity contribution >= 4 is 54.0 Å². The molecule has 0 radical (unpaired) electrons. The Morgan fingerprint density at radius 1 is 1.14 bits per heavy atom. The fourth-order valence-corrected chi connectivity index (χ4v) is 7.57. The zero-order valence-electron chi connectivity index (χ0n) is 22.3. The molecule has 4 rings (SSSR count). The lowest BCUT2D eigenvalue weighted by Crippen LogP contribution is -2.42. The predicted molar refractivity (Wildman–Crippen MR) is 154 cm³/mol. The molecule has 0 bridgehead atoms. The summed E-state index contributed by atoms with van der Waals surface area (Å²) >= 11 is 12.5. The molecule has 2 heterocycles. The van der Waals surface area contributed by atoms with Gasteiger partial charge in [0.1, 0.15) is 0 Å². The minimum absolute atomic E-state index is 0.00470. The Labute approximate surface area is 249 Å². The van der Waals surface area contributed by atoms with E-state index in [9.17, 15) is 39.6 Å². The Kier molecular flexibility index (Phi) is 9.22. The van der Waals surface area contributed by atoms with Gasteiger partial charge in [-0.3, -0.25) is 9.36 Å². The van der Waals surface area contributed by atoms with Crippen LogP contribution in [0.2, 0.25) is 10.0 Å². The van der Waals surface area contributed by atoms with Gasteiger partial charge in [-0.25, -0.2) is 26.4 Å². The second-order valence-electron chi connectivity index (χ2n) is 10.1. The molecule has 2 aromatic carbocycles. The fraction of sp³-hybridized carbons (Fsp3) is 0.440. The number of benzene rings is 2. The van der Waals surface area contributed by atoms with Gasteiger partial charge in [0.15, 0.2) is 9.84 Å². The molecule has 1 aliphatic rings. The highest BCUT2D eigenvalue weighted by Crippen LogP contribution is 2.39. The van der Waals surface area contributed by atoms with Crippen LogP contribution in [0.15, 0.2) is 38.8 Å². The van der Waals surface area contributed by atoms with Gasteiger partial charge in [0.25, 0.3) is 5.56 Å². The molecule has 0 spiro atoms. The van der Waals surface area contributed by atoms with Gasteiger partial charge in [0.2, 0.25) is 10.0 Å². The number of rotatable bonds is 9. The Hall–Kier alpha value is -2.43. The number of hydrogen-bond donors (Lipinski definition) is 3. The van der Waals surface area contributed by atoms with Crippen LogP contribution in [0.3, 0.4) is 0 Å². The number of nitrogens with zero attached hydrogens (tertiary/aromatic N) is 1. The summed E-state index contributed by atoms with van der Waals surface area (Å²) in [5.74, 6) is -0.629. The Morgan fingerprint density at radius 2 is 1.83 bits per heavy atom. The molecule has 230 valence electrons. The van der Waals surface area contributed by atoms with E-state index in [1.54, 1.807) is 0 Å². The third kappa shape index (κ3) is 6.86. The second kappa shape index (κ2) is 11.9. The Bertz CT molecular complexity index is 1870. The third-order valence-electron chi connectivity index (χ3n) is 7.15. The maximum atomic E-state index is 14.4. The lowest BCUT2D eigenvalue weighted by molar-refractivity contribution is -0.138. The van der Waals surface area contributed by atoms with Crippen molar-refractivity contribution in [1.29, 1.82) is 0 Å². The molecule has 0 aliphatic carbocycles. The molecular weight excluding hydrogens is 644 g/mol. The molecule has 10 nitrogen and oxygen atoms in total. The first-order valence-corrected chi connectivity index (χ1v) is 17.0. The maximum absolute atomic E-state index is 14.4. The van der Waals surface area contributed by atoms with Crippen LogP contribution >= 0.6 is 23.2 Å². The summed E-state index contributed by atoms with van der Waals surface area (Å²) in [4.78, 5) is 28.7. The van der Waals surface area contributed by atoms with Crippen LogP contribution in [0.25, 0.3) is 10.9 Å². The van der Waals surface area contributed by atoms with Crippen LogP contribution < -0.4 is 21.3 Å². The standard InChI is InChI=1S/C25H27Cl2F3N4O6S2/c1-3-42(39,40)20-5-4-15(26)8-14(20)12-34-23(35)17-9-18(25(28,29)30)16(21(27)22(17)32-24(34)36)10-19(33-41(2,37)38)13-6-7-31-11-13/h4-5,8-9,13,19,31,33H,3,6-7,10-12H2,1-2H3,(H,32,36)/t13?,19-/m0/s1. The number of aromatic nitrogens is 2. The molecule has 17 heteroatoms. The topological polar surface area (TPSA) is 147 Å². The third-order valence-corrected chi connectivity index (χ3v) is 10.4. The number of hydrogen-bond acceptors (Lipinski definition) is 7. The zero-order valence-corrected chi connectivity index (χ0v) is 25.5. The van der Waals surface area contributed by atoms with Crippen molar-refractivity contribution in [2.24, 2.45) is 5.92 Å². The molecule has 0 amide bonds. The molecule has 2 atom stereocenters. The van der Waals surface area contributed by atoms with Crippen LogP contribution in [0.5, 0.6) is 0 Å². The molecule has 1 unspecified atom stereocenters. The molecule has 1 aliphatic heterocycles. The highest BCUT2D eigenvalue weighted by Gasteiger charge is 2.38. The summed E-state index contributed by atoms with van der Waals surface area (Å²) in [5.41, 5.74) is -4.30. The number of fused-ring (bicyclic) bond motifs is 1. The van der Waals surface area contributed by atoms with Gasteiger partial charge < -0.3 is 10.3 Å². The van der Waals surface area contributed by atoms with Crippen LogP contribution in [-0.4, -0.2) is 57.5 Å². The maximum Gasteiger partial charge on any atom is 0.416 e. The summed E-state index contributed by atoms with van der Waals surface area (Å²) in [6.07, 6.45) is -4.07. The molecule has 0 saturated carbocycles. The molecule has 3 aromatic rings. The minimum atomic E-state index is -5.00. The number of H-pyrrole nitrogens is 1. The number of sulfone groups is 1. The average Bonchev–Trinajstić information content (AvgIpc) is 3.41. The molecule has 3 N–H and O–H groups in total. The van der Waals surface area contributed by atoms with E-state index >= 15 is 0 Å². The van der Waals surface area contributed by atoms with Gasteiger partial charge in [-0.2, -0.15) is 13.2 Å². The quantitative estimate of drug-likeness (QED) is 0.317. The SMILES string of the molecule is CCS(=O)(=O)c1ccc(Cl)cc1Cn1c(=O)[nH]c2c(Cl)c(C[C@H](NS(C)(=O)=O)C3CCNC3)c(C(F)(F)F)cc2c1=O. The first-order chi connectivity index (χ1) is 19.4. The molecule has 1 aromatic heterocycles. The number of aromatic amines is 1. The van der Waals surface area contributed by atoms with Crippen LogP contribution in [-0.2, 0) is 39.0 Å². The lowest BCUT2D eigenvalue weighted by Gasteiger charge is -2.26. The first kappa shape index (κ1) is 32.5. The summed E-state index contributed by atoms with van der Waals surface area (Å²) in [6, 6.07) is 3.41. The zero-order chi connectivity index (χ0) is 31.2. The average molecular weight is 672 g/mol. The molecule has 1 saturated heterocycles. The van der Waals surface area contributed by atoms with E-state index < -0.39 is 77.8 Å². The summed E-state index contributed by atoms with van der Waals surface area (Å²) < 4.78 is 95.4. The number of alkyl halides is 3. The fourth-order valence-electron chi connectivity index (χ4n) is 5.11. The lowest BCUT2D eigenvalue weighted by atomic mass is 9.90. The monoisotopic (exact) mass is 670 g/mol. The predicted octanol–water partition coefficient (Wildman–Crippen LogP) is 2.93. The van der Waals surface area contributed by atoms with Crippen molar-refractivity contribution in [3.63, 3.8) is 0 Å². The van der Waals surface area contributed by atoms with E-state index in [1.807, 2.05) is 0 Å². The van der Waals surface area contributed by atoms with Crippen molar-refractivity contribution in [3.8, 4) is 0 Å². The van der Waals surface area contributed by atoms with Crippen molar-refractivity contribution in [2.75, 3.05) is 25.1 Å². The van der Waals surface area contributed by atoms with Crippen molar-refractivity contribution in [2.45, 2.75) is 43.4 Å². The van der Waals surface area contributed by atoms with Crippen LogP contribution in [0.1, 0.15) is 30.0 Å². The van der Waals surface area contributed by atoms with E-state index in [0.29, 0.717) is 30.1 Å². The largest absolute Gasteiger partial charge is 0.416 e. The van der Waals surface area contributed by atoms with Crippen molar-refractivity contribution in [3.05, 3.63) is 71.8 Å². The summed E-state index contributed by atoms with van der Waals surface area (Å²) in [5, 5.41) is 2.05. The van der Waals surface area contributed by atoms with Crippen LogP contribution in [0, 0.1) is 5.92 Å². The van der Waals surface area contributed by atoms with Gasteiger partial charge in [-0.15, -0.1) is 0 Å². The normalized spacial score (nSPS) is 17.2. The van der Waals surface area contributed by atoms with Gasteiger partial charge in [0, 0.05) is 11.1 Å². The second-order valence-corrected chi connectivity index (χ2v) is 14.9. The molecule has 42 heavy (non-hydrogen) atoms. The van der Waals surface area contributed by atoms with E-state index in [4.69, 9.17) is 23.2 Å². The van der Waals surface area contributed by atoms with E-state index in [1.165, 1.54) is 25.1 Å². The number of halogens is 5. The van der Waals surface area contributed by atoms with Gasteiger partial charge >= 0.3 is 11.9 Å². The van der Waals surface area contributed by atoms with Gasteiger partial charge in [-0.1, -0.05) is 30.1 Å². The number of sulfonamides is 1. The van der Waals surface area contributed by atoms with Crippen molar-refractivity contribution in [1.82, 2.24) is 19.6 Å². The van der Waals surface area contributed by atoms with Crippen LogP contribution in [0.4, 0.5) is 13.2 Å². The highest BCUT2D eigenvalue weighted by molar-refractivity contribution is 7.91. The van der Waals surface area contributed by atoms with E-state index in [0.717, 1.165) is 6.26 Å². The van der Waals surface area contributed by atoms with Crippen molar-refractivity contribution < 1.29 is 30.0 Å². The molecular formula is C25H27Cl2F3N4O6S2. The first-order valence-electron chi connectivity index (χ1n) is 12.7. The van der Waals surface area contributed by atoms with E-state index in [-0.39, 0.29) is 32.7 Å². The Balaban J connectivity index is 1.91.